The number of rotatable bonds is 7. The second kappa shape index (κ2) is 8.76. The van der Waals surface area contributed by atoms with Crippen molar-refractivity contribution >= 4 is 5.91 Å². The van der Waals surface area contributed by atoms with Gasteiger partial charge in [0.1, 0.15) is 5.75 Å². The molecule has 1 heterocycles. The molecule has 122 valence electrons. The molecule has 1 atom stereocenters. The predicted octanol–water partition coefficient (Wildman–Crippen LogP) is 2.11. The van der Waals surface area contributed by atoms with Crippen LogP contribution in [0.3, 0.4) is 0 Å². The third kappa shape index (κ3) is 5.00. The van der Waals surface area contributed by atoms with Crippen LogP contribution in [0.4, 0.5) is 0 Å². The second-order valence-corrected chi connectivity index (χ2v) is 5.46. The number of hydrogen-bond acceptors (Lipinski definition) is 4. The van der Waals surface area contributed by atoms with Gasteiger partial charge in [0.25, 0.3) is 5.91 Å². The Morgan fingerprint density at radius 3 is 2.55 bits per heavy atom. The second-order valence-electron chi connectivity index (χ2n) is 5.46. The molecular weight excluding hydrogens is 282 g/mol. The van der Waals surface area contributed by atoms with E-state index in [0.717, 1.165) is 31.7 Å². The standard InChI is InChI=1S/C17H25NO4/c1-14(22-16-6-4-3-5-7-16)17(19)18-10-8-15(9-11-18)21-13-12-20-2/h3-7,14-15H,8-13H2,1-2H3. The van der Waals surface area contributed by atoms with Crippen molar-refractivity contribution in [2.24, 2.45) is 0 Å². The van der Waals surface area contributed by atoms with Gasteiger partial charge in [0.2, 0.25) is 0 Å². The molecular formula is C17H25NO4. The molecule has 5 nitrogen and oxygen atoms in total. The number of carbonyl (C=O) groups is 1. The number of methoxy groups -OCH3 is 1. The van der Waals surface area contributed by atoms with Crippen LogP contribution < -0.4 is 4.74 Å². The van der Waals surface area contributed by atoms with Gasteiger partial charge in [0.15, 0.2) is 6.10 Å². The Labute approximate surface area is 132 Å². The summed E-state index contributed by atoms with van der Waals surface area (Å²) in [6, 6.07) is 9.44. The molecule has 1 amide bonds. The quantitative estimate of drug-likeness (QED) is 0.724. The number of carbonyl (C=O) groups excluding carboxylic acids is 1. The molecule has 1 aromatic rings. The van der Waals surface area contributed by atoms with Gasteiger partial charge in [-0.1, -0.05) is 18.2 Å². The number of likely N-dealkylation sites (tertiary alicyclic amines) is 1. The van der Waals surface area contributed by atoms with E-state index in [1.165, 1.54) is 0 Å². The van der Waals surface area contributed by atoms with Gasteiger partial charge < -0.3 is 19.1 Å². The maximum Gasteiger partial charge on any atom is 0.263 e. The summed E-state index contributed by atoms with van der Waals surface area (Å²) < 4.78 is 16.4. The van der Waals surface area contributed by atoms with Crippen molar-refractivity contribution in [2.75, 3.05) is 33.4 Å². The van der Waals surface area contributed by atoms with E-state index < -0.39 is 6.10 Å². The molecule has 1 saturated heterocycles. The van der Waals surface area contributed by atoms with Crippen molar-refractivity contribution in [3.63, 3.8) is 0 Å². The van der Waals surface area contributed by atoms with Crippen LogP contribution >= 0.6 is 0 Å². The summed E-state index contributed by atoms with van der Waals surface area (Å²) in [5.74, 6) is 0.764. The molecule has 0 radical (unpaired) electrons. The van der Waals surface area contributed by atoms with Crippen molar-refractivity contribution < 1.29 is 19.0 Å². The molecule has 1 aromatic carbocycles. The average molecular weight is 307 g/mol. The lowest BCUT2D eigenvalue weighted by Gasteiger charge is -2.33. The van der Waals surface area contributed by atoms with Crippen LogP contribution in [0.5, 0.6) is 5.75 Å². The summed E-state index contributed by atoms with van der Waals surface area (Å²) in [5.41, 5.74) is 0. The van der Waals surface area contributed by atoms with Crippen LogP contribution in [0.15, 0.2) is 30.3 Å². The van der Waals surface area contributed by atoms with Crippen LogP contribution in [-0.4, -0.2) is 56.4 Å². The SMILES string of the molecule is COCCOC1CCN(C(=O)C(C)Oc2ccccc2)CC1. The largest absolute Gasteiger partial charge is 0.481 e. The Hall–Kier alpha value is -1.59. The Morgan fingerprint density at radius 1 is 1.23 bits per heavy atom. The van der Waals surface area contributed by atoms with E-state index in [1.807, 2.05) is 35.2 Å². The highest BCUT2D eigenvalue weighted by atomic mass is 16.5. The molecule has 0 saturated carbocycles. The molecule has 1 unspecified atom stereocenters. The number of amides is 1. The highest BCUT2D eigenvalue weighted by Gasteiger charge is 2.27. The van der Waals surface area contributed by atoms with Crippen LogP contribution in [0.2, 0.25) is 0 Å². The number of nitrogens with zero attached hydrogens (tertiary/aromatic N) is 1. The van der Waals surface area contributed by atoms with Crippen LogP contribution in [0.1, 0.15) is 19.8 Å². The van der Waals surface area contributed by atoms with Gasteiger partial charge in [-0.25, -0.2) is 0 Å². The van der Waals surface area contributed by atoms with E-state index in [-0.39, 0.29) is 12.0 Å². The molecule has 2 rings (SSSR count). The van der Waals surface area contributed by atoms with E-state index in [2.05, 4.69) is 0 Å². The molecule has 5 heteroatoms. The van der Waals surface area contributed by atoms with Crippen LogP contribution in [0, 0.1) is 0 Å². The van der Waals surface area contributed by atoms with Crippen molar-refractivity contribution in [1.82, 2.24) is 4.90 Å². The van der Waals surface area contributed by atoms with Crippen molar-refractivity contribution in [2.45, 2.75) is 32.0 Å². The fourth-order valence-corrected chi connectivity index (χ4v) is 2.55. The summed E-state index contributed by atoms with van der Waals surface area (Å²) >= 11 is 0. The normalized spacial score (nSPS) is 17.3. The van der Waals surface area contributed by atoms with Gasteiger partial charge in [-0.15, -0.1) is 0 Å². The maximum absolute atomic E-state index is 12.4. The van der Waals surface area contributed by atoms with E-state index in [4.69, 9.17) is 14.2 Å². The van der Waals surface area contributed by atoms with E-state index in [0.29, 0.717) is 13.2 Å². The van der Waals surface area contributed by atoms with Gasteiger partial charge in [0.05, 0.1) is 19.3 Å². The molecule has 1 fully saturated rings. The number of piperidine rings is 1. The lowest BCUT2D eigenvalue weighted by molar-refractivity contribution is -0.140. The zero-order valence-electron chi connectivity index (χ0n) is 13.4. The van der Waals surface area contributed by atoms with Gasteiger partial charge in [-0.3, -0.25) is 4.79 Å². The topological polar surface area (TPSA) is 48.0 Å². The first-order valence-electron chi connectivity index (χ1n) is 7.81. The fourth-order valence-electron chi connectivity index (χ4n) is 2.55. The van der Waals surface area contributed by atoms with E-state index in [1.54, 1.807) is 14.0 Å². The summed E-state index contributed by atoms with van der Waals surface area (Å²) in [6.07, 6.45) is 1.50. The van der Waals surface area contributed by atoms with Crippen LogP contribution in [-0.2, 0) is 14.3 Å². The van der Waals surface area contributed by atoms with Crippen molar-refractivity contribution in [3.8, 4) is 5.75 Å². The zero-order valence-corrected chi connectivity index (χ0v) is 13.4. The molecule has 0 aromatic heterocycles. The minimum Gasteiger partial charge on any atom is -0.481 e. The number of ether oxygens (including phenoxy) is 3. The predicted molar refractivity (Wildman–Crippen MR) is 84.0 cm³/mol. The Kier molecular flexibility index (Phi) is 6.68. The minimum atomic E-state index is -0.464. The zero-order chi connectivity index (χ0) is 15.8. The average Bonchev–Trinajstić information content (AvgIpc) is 2.56. The number of para-hydroxylation sites is 1. The third-order valence-electron chi connectivity index (χ3n) is 3.80. The first kappa shape index (κ1) is 16.8. The van der Waals surface area contributed by atoms with E-state index >= 15 is 0 Å². The molecule has 0 N–H and O–H groups in total. The Balaban J connectivity index is 1.74. The van der Waals surface area contributed by atoms with Gasteiger partial charge in [-0.05, 0) is 31.9 Å². The van der Waals surface area contributed by atoms with Gasteiger partial charge in [0, 0.05) is 20.2 Å². The first-order chi connectivity index (χ1) is 10.7. The lowest BCUT2D eigenvalue weighted by atomic mass is 10.1. The van der Waals surface area contributed by atoms with Gasteiger partial charge >= 0.3 is 0 Å². The summed E-state index contributed by atoms with van der Waals surface area (Å²) in [4.78, 5) is 14.3. The Bertz CT molecular complexity index is 443. The lowest BCUT2D eigenvalue weighted by Crippen LogP contribution is -2.46. The van der Waals surface area contributed by atoms with Crippen LogP contribution in [0.25, 0.3) is 0 Å². The molecule has 0 aliphatic carbocycles. The third-order valence-corrected chi connectivity index (χ3v) is 3.80. The molecule has 0 bridgehead atoms. The summed E-state index contributed by atoms with van der Waals surface area (Å²) in [7, 11) is 1.67. The maximum atomic E-state index is 12.4. The molecule has 22 heavy (non-hydrogen) atoms. The molecule has 1 aliphatic rings. The number of benzene rings is 1. The number of hydrogen-bond donors (Lipinski definition) is 0. The van der Waals surface area contributed by atoms with Gasteiger partial charge in [-0.2, -0.15) is 0 Å². The smallest absolute Gasteiger partial charge is 0.263 e. The van der Waals surface area contributed by atoms with Crippen molar-refractivity contribution in [1.29, 1.82) is 0 Å². The minimum absolute atomic E-state index is 0.0409. The highest BCUT2D eigenvalue weighted by molar-refractivity contribution is 5.81. The Morgan fingerprint density at radius 2 is 1.91 bits per heavy atom. The highest BCUT2D eigenvalue weighted by Crippen LogP contribution is 2.17. The van der Waals surface area contributed by atoms with Crippen molar-refractivity contribution in [3.05, 3.63) is 30.3 Å². The summed E-state index contributed by atoms with van der Waals surface area (Å²) in [6.45, 7) is 4.47. The first-order valence-corrected chi connectivity index (χ1v) is 7.81. The molecule has 1 aliphatic heterocycles. The van der Waals surface area contributed by atoms with E-state index in [9.17, 15) is 4.79 Å². The fraction of sp³-hybridized carbons (Fsp3) is 0.588. The monoisotopic (exact) mass is 307 g/mol. The molecule has 0 spiro atoms. The summed E-state index contributed by atoms with van der Waals surface area (Å²) in [5, 5.41) is 0.